The number of carbonyl (C=O) groups is 2. The van der Waals surface area contributed by atoms with Crippen LogP contribution in [0.2, 0.25) is 0 Å². The van der Waals surface area contributed by atoms with Crippen molar-refractivity contribution in [3.8, 4) is 5.69 Å². The Labute approximate surface area is 163 Å². The van der Waals surface area contributed by atoms with Gasteiger partial charge in [0, 0.05) is 18.3 Å². The van der Waals surface area contributed by atoms with Crippen LogP contribution < -0.4 is 0 Å². The predicted molar refractivity (Wildman–Crippen MR) is 104 cm³/mol. The van der Waals surface area contributed by atoms with Gasteiger partial charge in [0.1, 0.15) is 17.1 Å². The third-order valence-electron chi connectivity index (χ3n) is 4.48. The second kappa shape index (κ2) is 7.72. The molecule has 0 unspecified atom stereocenters. The molecule has 146 valence electrons. The third-order valence-corrected chi connectivity index (χ3v) is 4.48. The Kier molecular flexibility index (Phi) is 5.35. The lowest BCUT2D eigenvalue weighted by Crippen LogP contribution is -2.26. The Morgan fingerprint density at radius 2 is 1.82 bits per heavy atom. The molecule has 1 amide bonds. The number of aryl methyl sites for hydroxylation is 3. The molecule has 0 saturated heterocycles. The van der Waals surface area contributed by atoms with Crippen molar-refractivity contribution >= 4 is 11.9 Å². The van der Waals surface area contributed by atoms with E-state index >= 15 is 0 Å². The highest BCUT2D eigenvalue weighted by molar-refractivity contribution is 5.94. The van der Waals surface area contributed by atoms with Crippen LogP contribution in [0, 0.1) is 20.8 Å². The molecule has 7 heteroatoms. The van der Waals surface area contributed by atoms with Crippen molar-refractivity contribution in [2.45, 2.75) is 27.3 Å². The number of nitrogens with zero attached hydrogens (tertiary/aromatic N) is 3. The lowest BCUT2D eigenvalue weighted by atomic mass is 10.1. The van der Waals surface area contributed by atoms with E-state index in [0.717, 1.165) is 17.1 Å². The van der Waals surface area contributed by atoms with E-state index in [1.54, 1.807) is 32.2 Å². The molecule has 28 heavy (non-hydrogen) atoms. The normalized spacial score (nSPS) is 10.8. The van der Waals surface area contributed by atoms with Gasteiger partial charge in [-0.3, -0.25) is 4.79 Å². The van der Waals surface area contributed by atoms with E-state index in [9.17, 15) is 9.59 Å². The van der Waals surface area contributed by atoms with Gasteiger partial charge in [-0.15, -0.1) is 0 Å². The quantitative estimate of drug-likeness (QED) is 0.633. The van der Waals surface area contributed by atoms with Gasteiger partial charge in [0.05, 0.1) is 25.0 Å². The molecule has 0 aliphatic rings. The highest BCUT2D eigenvalue weighted by Gasteiger charge is 2.19. The van der Waals surface area contributed by atoms with Crippen LogP contribution in [0.3, 0.4) is 0 Å². The first kappa shape index (κ1) is 19.4. The largest absolute Gasteiger partial charge is 0.465 e. The molecular weight excluding hydrogens is 358 g/mol. The van der Waals surface area contributed by atoms with E-state index in [-0.39, 0.29) is 12.5 Å². The molecule has 0 atom stereocenters. The maximum absolute atomic E-state index is 12.7. The van der Waals surface area contributed by atoms with Crippen molar-refractivity contribution in [3.63, 3.8) is 0 Å². The molecule has 2 aromatic heterocycles. The first-order chi connectivity index (χ1) is 13.3. The average Bonchev–Trinajstić information content (AvgIpc) is 3.21. The molecule has 3 aromatic rings. The van der Waals surface area contributed by atoms with E-state index in [2.05, 4.69) is 5.10 Å². The molecule has 0 radical (unpaired) electrons. The van der Waals surface area contributed by atoms with Crippen molar-refractivity contribution in [1.82, 2.24) is 14.7 Å². The zero-order valence-corrected chi connectivity index (χ0v) is 16.6. The molecule has 0 N–H and O–H groups in total. The van der Waals surface area contributed by atoms with Gasteiger partial charge in [-0.25, -0.2) is 9.48 Å². The Balaban J connectivity index is 1.73. The maximum atomic E-state index is 12.7. The highest BCUT2D eigenvalue weighted by Crippen LogP contribution is 2.19. The topological polar surface area (TPSA) is 77.6 Å². The molecule has 0 aliphatic heterocycles. The van der Waals surface area contributed by atoms with Crippen molar-refractivity contribution in [3.05, 3.63) is 70.4 Å². The van der Waals surface area contributed by atoms with E-state index < -0.39 is 5.97 Å². The lowest BCUT2D eigenvalue weighted by Gasteiger charge is -2.16. The summed E-state index contributed by atoms with van der Waals surface area (Å²) >= 11 is 0. The fourth-order valence-electron chi connectivity index (χ4n) is 3.10. The smallest absolute Gasteiger partial charge is 0.341 e. The van der Waals surface area contributed by atoms with Crippen molar-refractivity contribution in [2.75, 3.05) is 14.2 Å². The minimum Gasteiger partial charge on any atom is -0.465 e. The number of amides is 1. The molecular formula is C21H23N3O4. The summed E-state index contributed by atoms with van der Waals surface area (Å²) in [5, 5.41) is 4.45. The standard InChI is InChI=1S/C21H23N3O4/c1-13-10-14(2)24(22-13)17-8-6-16(7-9-17)20(25)23(4)12-18-11-19(15(3)28-18)21(26)27-5/h6-11H,12H2,1-5H3. The van der Waals surface area contributed by atoms with Crippen molar-refractivity contribution in [1.29, 1.82) is 0 Å². The number of carbonyl (C=O) groups excluding carboxylic acids is 2. The number of esters is 1. The fourth-order valence-corrected chi connectivity index (χ4v) is 3.10. The van der Waals surface area contributed by atoms with Crippen LogP contribution in [0.1, 0.15) is 43.6 Å². The summed E-state index contributed by atoms with van der Waals surface area (Å²) in [6.07, 6.45) is 0. The van der Waals surface area contributed by atoms with Crippen LogP contribution in [0.25, 0.3) is 5.69 Å². The second-order valence-corrected chi connectivity index (χ2v) is 6.72. The van der Waals surface area contributed by atoms with Gasteiger partial charge in [0.15, 0.2) is 0 Å². The number of furan rings is 1. The van der Waals surface area contributed by atoms with Crippen LogP contribution in [0.4, 0.5) is 0 Å². The molecule has 1 aromatic carbocycles. The van der Waals surface area contributed by atoms with Gasteiger partial charge in [-0.05, 0) is 57.2 Å². The molecule has 3 rings (SSSR count). The Morgan fingerprint density at radius 1 is 1.14 bits per heavy atom. The fraction of sp³-hybridized carbons (Fsp3) is 0.286. The van der Waals surface area contributed by atoms with Gasteiger partial charge < -0.3 is 14.1 Å². The SMILES string of the molecule is COC(=O)c1cc(CN(C)C(=O)c2ccc(-n3nc(C)cc3C)cc2)oc1C. The van der Waals surface area contributed by atoms with Gasteiger partial charge >= 0.3 is 5.97 Å². The van der Waals surface area contributed by atoms with Gasteiger partial charge in [-0.2, -0.15) is 5.10 Å². The molecule has 0 spiro atoms. The molecule has 0 bridgehead atoms. The Morgan fingerprint density at radius 3 is 2.39 bits per heavy atom. The molecule has 0 fully saturated rings. The zero-order chi connectivity index (χ0) is 20.4. The van der Waals surface area contributed by atoms with Crippen LogP contribution in [0.15, 0.2) is 40.8 Å². The Hall–Kier alpha value is -3.35. The predicted octanol–water partition coefficient (Wildman–Crippen LogP) is 3.45. The summed E-state index contributed by atoms with van der Waals surface area (Å²) in [7, 11) is 3.01. The number of aromatic nitrogens is 2. The second-order valence-electron chi connectivity index (χ2n) is 6.72. The zero-order valence-electron chi connectivity index (χ0n) is 16.6. The molecule has 7 nitrogen and oxygen atoms in total. The minimum absolute atomic E-state index is 0.145. The van der Waals surface area contributed by atoms with Crippen molar-refractivity contribution < 1.29 is 18.7 Å². The van der Waals surface area contributed by atoms with Crippen LogP contribution >= 0.6 is 0 Å². The molecule has 0 saturated carbocycles. The van der Waals surface area contributed by atoms with Crippen LogP contribution in [0.5, 0.6) is 0 Å². The number of benzene rings is 1. The summed E-state index contributed by atoms with van der Waals surface area (Å²) in [6.45, 7) is 5.87. The van der Waals surface area contributed by atoms with E-state index in [4.69, 9.17) is 9.15 Å². The van der Waals surface area contributed by atoms with E-state index in [1.165, 1.54) is 12.0 Å². The van der Waals surface area contributed by atoms with Gasteiger partial charge in [0.25, 0.3) is 5.91 Å². The summed E-state index contributed by atoms with van der Waals surface area (Å²) in [4.78, 5) is 26.0. The summed E-state index contributed by atoms with van der Waals surface area (Å²) in [5.74, 6) is 0.389. The minimum atomic E-state index is -0.457. The van der Waals surface area contributed by atoms with E-state index in [1.807, 2.05) is 36.7 Å². The van der Waals surface area contributed by atoms with Gasteiger partial charge in [-0.1, -0.05) is 0 Å². The third kappa shape index (κ3) is 3.83. The molecule has 0 aliphatic carbocycles. The molecule has 2 heterocycles. The van der Waals surface area contributed by atoms with Crippen LogP contribution in [-0.4, -0.2) is 40.7 Å². The number of hydrogen-bond acceptors (Lipinski definition) is 5. The number of hydrogen-bond donors (Lipinski definition) is 0. The first-order valence-electron chi connectivity index (χ1n) is 8.87. The highest BCUT2D eigenvalue weighted by atomic mass is 16.5. The average molecular weight is 381 g/mol. The number of methoxy groups -OCH3 is 1. The lowest BCUT2D eigenvalue weighted by molar-refractivity contribution is 0.0598. The summed E-state index contributed by atoms with van der Waals surface area (Å²) < 4.78 is 12.1. The van der Waals surface area contributed by atoms with Gasteiger partial charge in [0.2, 0.25) is 0 Å². The number of ether oxygens (including phenoxy) is 1. The van der Waals surface area contributed by atoms with Crippen LogP contribution in [-0.2, 0) is 11.3 Å². The summed E-state index contributed by atoms with van der Waals surface area (Å²) in [6, 6.07) is 10.9. The van der Waals surface area contributed by atoms with Crippen molar-refractivity contribution in [2.24, 2.45) is 0 Å². The van der Waals surface area contributed by atoms with E-state index in [0.29, 0.717) is 22.6 Å². The summed E-state index contributed by atoms with van der Waals surface area (Å²) in [5.41, 5.74) is 3.80. The monoisotopic (exact) mass is 381 g/mol. The Bertz CT molecular complexity index is 1010. The first-order valence-corrected chi connectivity index (χ1v) is 8.87. The maximum Gasteiger partial charge on any atom is 0.341 e. The number of rotatable bonds is 5.